The maximum atomic E-state index is 12.3. The van der Waals surface area contributed by atoms with Crippen molar-refractivity contribution in [2.45, 2.75) is 185 Å². The molecule has 280 valence electrons. The normalized spacial score (nSPS) is 51.3. The Balaban J connectivity index is 0.953. The Morgan fingerprint density at radius 1 is 0.878 bits per heavy atom. The second-order valence-corrected chi connectivity index (χ2v) is 17.7. The van der Waals surface area contributed by atoms with Crippen LogP contribution in [0.4, 0.5) is 0 Å². The van der Waals surface area contributed by atoms with E-state index < -0.39 is 24.1 Å². The molecule has 18 atom stereocenters. The molecule has 3 N–H and O–H groups in total. The molecule has 0 aromatic rings. The number of methoxy groups -OCH3 is 1. The third kappa shape index (κ3) is 7.07. The molecule has 4 aliphatic carbocycles. The molecule has 10 heteroatoms. The number of ether oxygens (including phenoxy) is 6. The summed E-state index contributed by atoms with van der Waals surface area (Å²) in [6, 6.07) is 0. The number of rotatable bonds is 11. The Kier molecular flexibility index (Phi) is 11.9. The monoisotopic (exact) mass is 690 g/mol. The predicted octanol–water partition coefficient (Wildman–Crippen LogP) is 5.56. The molecule has 6 aliphatic rings. The Morgan fingerprint density at radius 3 is 2.33 bits per heavy atom. The van der Waals surface area contributed by atoms with E-state index in [4.69, 9.17) is 36.3 Å². The number of hydrogen-bond acceptors (Lipinski definition) is 9. The Hall–Kier alpha value is -0.295. The van der Waals surface area contributed by atoms with Crippen molar-refractivity contribution >= 4 is 7.85 Å². The zero-order valence-corrected chi connectivity index (χ0v) is 31.4. The summed E-state index contributed by atoms with van der Waals surface area (Å²) in [6.07, 6.45) is 8.56. The lowest BCUT2D eigenvalue weighted by molar-refractivity contribution is -0.303. The van der Waals surface area contributed by atoms with Crippen molar-refractivity contribution in [2.24, 2.45) is 40.4 Å². The maximum absolute atomic E-state index is 12.3. The van der Waals surface area contributed by atoms with Crippen molar-refractivity contribution < 1.29 is 43.7 Å². The van der Waals surface area contributed by atoms with Gasteiger partial charge >= 0.3 is 0 Å². The van der Waals surface area contributed by atoms with Crippen LogP contribution in [0.25, 0.3) is 0 Å². The topological polar surface area (TPSA) is 116 Å². The summed E-state index contributed by atoms with van der Waals surface area (Å²) in [4.78, 5) is 0. The first-order valence-electron chi connectivity index (χ1n) is 19.8. The average Bonchev–Trinajstić information content (AvgIpc) is 3.31. The van der Waals surface area contributed by atoms with Gasteiger partial charge in [0, 0.05) is 26.6 Å². The van der Waals surface area contributed by atoms with Crippen molar-refractivity contribution in [3.05, 3.63) is 0 Å². The molecule has 0 spiro atoms. The number of aliphatic hydroxyl groups excluding tert-OH is 2. The van der Waals surface area contributed by atoms with Crippen LogP contribution in [-0.4, -0.2) is 104 Å². The second kappa shape index (κ2) is 15.2. The molecule has 9 nitrogen and oxygen atoms in total. The fraction of sp³-hybridized carbons (Fsp3) is 1.00. The first-order chi connectivity index (χ1) is 23.2. The molecule has 6 fully saturated rings. The van der Waals surface area contributed by atoms with Gasteiger partial charge in [0.25, 0.3) is 0 Å². The summed E-state index contributed by atoms with van der Waals surface area (Å²) in [5.74, 6) is 2.07. The smallest absolute Gasteiger partial charge is 0.161 e. The van der Waals surface area contributed by atoms with Gasteiger partial charge in [0.1, 0.15) is 6.10 Å². The molecule has 2 saturated heterocycles. The summed E-state index contributed by atoms with van der Waals surface area (Å²) < 4.78 is 37.0. The first-order valence-corrected chi connectivity index (χ1v) is 19.8. The fourth-order valence-electron chi connectivity index (χ4n) is 11.7. The summed E-state index contributed by atoms with van der Waals surface area (Å²) in [7, 11) is 8.57. The van der Waals surface area contributed by atoms with E-state index in [-0.39, 0.29) is 66.0 Å². The van der Waals surface area contributed by atoms with Crippen LogP contribution in [-0.2, 0) is 28.4 Å². The molecule has 0 aromatic heterocycles. The van der Waals surface area contributed by atoms with Gasteiger partial charge in [-0.3, -0.25) is 0 Å². The van der Waals surface area contributed by atoms with Crippen LogP contribution in [0.5, 0.6) is 0 Å². The van der Waals surface area contributed by atoms with E-state index in [0.29, 0.717) is 36.7 Å². The highest BCUT2D eigenvalue weighted by Crippen LogP contribution is 2.71. The minimum absolute atomic E-state index is 0.0264. The molecule has 0 bridgehead atoms. The van der Waals surface area contributed by atoms with Gasteiger partial charge in [-0.2, -0.15) is 0 Å². The van der Waals surface area contributed by atoms with Crippen LogP contribution in [0, 0.1) is 40.4 Å². The van der Waals surface area contributed by atoms with Crippen LogP contribution in [0.1, 0.15) is 119 Å². The van der Waals surface area contributed by atoms with Crippen LogP contribution < -0.4 is 0 Å². The molecule has 2 aliphatic heterocycles. The van der Waals surface area contributed by atoms with Crippen molar-refractivity contribution in [3.8, 4) is 0 Å². The lowest BCUT2D eigenvalue weighted by Gasteiger charge is -2.65. The van der Waals surface area contributed by atoms with Crippen LogP contribution in [0.2, 0.25) is 5.82 Å². The summed E-state index contributed by atoms with van der Waals surface area (Å²) in [5.41, 5.74) is -0.620. The van der Waals surface area contributed by atoms with Gasteiger partial charge in [-0.1, -0.05) is 39.9 Å². The van der Waals surface area contributed by atoms with Crippen LogP contribution in [0.3, 0.4) is 0 Å². The van der Waals surface area contributed by atoms with Crippen molar-refractivity contribution in [3.63, 3.8) is 0 Å². The Morgan fingerprint density at radius 2 is 1.63 bits per heavy atom. The van der Waals surface area contributed by atoms with Gasteiger partial charge in [-0.25, -0.2) is 0 Å². The third-order valence-electron chi connectivity index (χ3n) is 15.3. The Bertz CT molecular complexity index is 1080. The highest BCUT2D eigenvalue weighted by Gasteiger charge is 2.68. The molecular formula is C39H67BO9. The van der Waals surface area contributed by atoms with E-state index in [1.165, 1.54) is 0 Å². The van der Waals surface area contributed by atoms with E-state index in [2.05, 4.69) is 20.8 Å². The summed E-state index contributed by atoms with van der Waals surface area (Å²) in [5, 5.41) is 32.7. The van der Waals surface area contributed by atoms with Gasteiger partial charge in [-0.15, -0.1) is 0 Å². The van der Waals surface area contributed by atoms with Crippen LogP contribution in [0.15, 0.2) is 0 Å². The quantitative estimate of drug-likeness (QED) is 0.190. The van der Waals surface area contributed by atoms with Gasteiger partial charge in [0.2, 0.25) is 0 Å². The molecular weight excluding hydrogens is 623 g/mol. The SMILES string of the molecule is [B]C1CC2C(CCC3CC(OC4CC[C@@H](OC5C[C@H](O)C(OCC[C@H](C)[C@@H](CO)OC)C(C)O5)[C@@H](C)O4)CC[C@@]32C)C2(O)CCC(C)[C@@]12C. The molecule has 4 saturated carbocycles. The van der Waals surface area contributed by atoms with E-state index in [0.717, 1.165) is 70.6 Å². The summed E-state index contributed by atoms with van der Waals surface area (Å²) in [6.45, 7) is 13.5. The minimum atomic E-state index is -0.693. The van der Waals surface area contributed by atoms with E-state index >= 15 is 0 Å². The van der Waals surface area contributed by atoms with Gasteiger partial charge in [-0.05, 0) is 112 Å². The molecule has 0 amide bonds. The highest BCUT2D eigenvalue weighted by atomic mass is 16.7. The fourth-order valence-corrected chi connectivity index (χ4v) is 11.7. The number of fused-ring (bicyclic) bond motifs is 5. The zero-order chi connectivity index (χ0) is 35.3. The first kappa shape index (κ1) is 38.4. The van der Waals surface area contributed by atoms with E-state index in [1.807, 2.05) is 20.8 Å². The lowest BCUT2D eigenvalue weighted by atomic mass is 9.39. The molecule has 2 heterocycles. The molecule has 6 rings (SSSR count). The van der Waals surface area contributed by atoms with Crippen molar-refractivity contribution in [1.82, 2.24) is 0 Å². The molecule has 49 heavy (non-hydrogen) atoms. The standard InChI is InChI=1S/C39H67BO9/c1-22(32(21-41)44-7)14-17-45-36-25(4)47-35(20-30(36)42)49-31-10-11-34(46-24(31)3)48-27-13-15-37(5)26(18-27)8-9-28-29(37)19-33(40)38(6)23(2)12-16-39(28,38)43/h22-36,41-43H,8-21H2,1-7H3/t22-,23?,24+,25?,26?,27?,28?,29?,30-,31+,32+,33?,34?,35?,36?,37-,38-,39?/m0/s1. The third-order valence-corrected chi connectivity index (χ3v) is 15.3. The molecule has 0 aromatic carbocycles. The highest BCUT2D eigenvalue weighted by molar-refractivity contribution is 6.12. The van der Waals surface area contributed by atoms with E-state index in [1.54, 1.807) is 7.11 Å². The maximum Gasteiger partial charge on any atom is 0.161 e. The number of aliphatic hydroxyl groups is 3. The predicted molar refractivity (Wildman–Crippen MR) is 187 cm³/mol. The van der Waals surface area contributed by atoms with Crippen molar-refractivity contribution in [1.29, 1.82) is 0 Å². The minimum Gasteiger partial charge on any atom is -0.394 e. The number of hydrogen-bond donors (Lipinski definition) is 3. The summed E-state index contributed by atoms with van der Waals surface area (Å²) >= 11 is 0. The Labute approximate surface area is 297 Å². The average molecular weight is 691 g/mol. The van der Waals surface area contributed by atoms with Gasteiger partial charge < -0.3 is 43.7 Å². The van der Waals surface area contributed by atoms with Gasteiger partial charge in [0.05, 0.1) is 56.7 Å². The second-order valence-electron chi connectivity index (χ2n) is 17.7. The lowest BCUT2D eigenvalue weighted by Crippen LogP contribution is -2.63. The van der Waals surface area contributed by atoms with Gasteiger partial charge in [0.15, 0.2) is 12.6 Å². The van der Waals surface area contributed by atoms with Crippen LogP contribution >= 0.6 is 0 Å². The molecule has 2 radical (unpaired) electrons. The molecule has 11 unspecified atom stereocenters. The largest absolute Gasteiger partial charge is 0.394 e. The van der Waals surface area contributed by atoms with Crippen molar-refractivity contribution in [2.75, 3.05) is 20.3 Å². The zero-order valence-electron chi connectivity index (χ0n) is 31.4. The van der Waals surface area contributed by atoms with E-state index in [9.17, 15) is 15.3 Å².